The lowest BCUT2D eigenvalue weighted by atomic mass is 10.1. The van der Waals surface area contributed by atoms with Gasteiger partial charge in [0.25, 0.3) is 6.04 Å². The molecule has 0 radical (unpaired) electrons. The Balaban J connectivity index is 4.05. The highest BCUT2D eigenvalue weighted by Gasteiger charge is 2.26. The summed E-state index contributed by atoms with van der Waals surface area (Å²) in [6.07, 6.45) is -0.212. The van der Waals surface area contributed by atoms with Crippen molar-refractivity contribution in [2.24, 2.45) is 0 Å². The Hall–Kier alpha value is -1.46. The van der Waals surface area contributed by atoms with E-state index in [1.807, 2.05) is 0 Å². The number of ketones is 1. The minimum Gasteiger partial charge on any atom is -0.469 e. The number of carbonyl (C=O) groups excluding carboxylic acids is 2. The molecule has 0 saturated heterocycles. The Morgan fingerprint density at radius 3 is 2.38 bits per heavy atom. The minimum atomic E-state index is -1.29. The van der Waals surface area contributed by atoms with Crippen molar-refractivity contribution in [2.75, 3.05) is 7.11 Å². The number of carbonyl (C=O) groups is 2. The molecule has 6 nitrogen and oxygen atoms in total. The smallest absolute Gasteiger partial charge is 0.305 e. The SMILES string of the molecule is COC(=O)CCC(C(C)=O)[N+](=O)[O-]. The number of nitrogens with zero attached hydrogens (tertiary/aromatic N) is 1. The fourth-order valence-corrected chi connectivity index (χ4v) is 0.814. The van der Waals surface area contributed by atoms with Gasteiger partial charge in [-0.25, -0.2) is 0 Å². The zero-order chi connectivity index (χ0) is 10.4. The van der Waals surface area contributed by atoms with Crippen molar-refractivity contribution in [3.05, 3.63) is 10.1 Å². The van der Waals surface area contributed by atoms with Gasteiger partial charge in [0.15, 0.2) is 0 Å². The molecular formula is C7H11NO5. The quantitative estimate of drug-likeness (QED) is 0.349. The van der Waals surface area contributed by atoms with E-state index in [2.05, 4.69) is 4.74 Å². The molecule has 0 amide bonds. The van der Waals surface area contributed by atoms with Gasteiger partial charge in [-0.1, -0.05) is 0 Å². The first-order valence-electron chi connectivity index (χ1n) is 3.69. The Morgan fingerprint density at radius 2 is 2.08 bits per heavy atom. The number of nitro groups is 1. The molecule has 0 fully saturated rings. The summed E-state index contributed by atoms with van der Waals surface area (Å²) < 4.78 is 4.29. The Kier molecular flexibility index (Phi) is 4.64. The Labute approximate surface area is 75.0 Å². The highest BCUT2D eigenvalue weighted by molar-refractivity contribution is 5.80. The number of esters is 1. The van der Waals surface area contributed by atoms with Gasteiger partial charge in [-0.15, -0.1) is 0 Å². The normalized spacial score (nSPS) is 11.8. The molecule has 0 N–H and O–H groups in total. The van der Waals surface area contributed by atoms with Crippen molar-refractivity contribution in [3.8, 4) is 0 Å². The average molecular weight is 189 g/mol. The average Bonchev–Trinajstić information content (AvgIpc) is 2.03. The van der Waals surface area contributed by atoms with Gasteiger partial charge in [0, 0.05) is 18.3 Å². The molecule has 0 aromatic carbocycles. The molecule has 0 saturated carbocycles. The van der Waals surface area contributed by atoms with Crippen molar-refractivity contribution in [2.45, 2.75) is 25.8 Å². The van der Waals surface area contributed by atoms with Crippen LogP contribution in [0.3, 0.4) is 0 Å². The molecule has 74 valence electrons. The van der Waals surface area contributed by atoms with Crippen LogP contribution in [-0.2, 0) is 14.3 Å². The van der Waals surface area contributed by atoms with Crippen LogP contribution in [0, 0.1) is 10.1 Å². The van der Waals surface area contributed by atoms with E-state index in [0.717, 1.165) is 6.92 Å². The summed E-state index contributed by atoms with van der Waals surface area (Å²) in [7, 11) is 1.19. The first-order valence-corrected chi connectivity index (χ1v) is 3.69. The second-order valence-corrected chi connectivity index (χ2v) is 2.53. The first-order chi connectivity index (χ1) is 5.99. The van der Waals surface area contributed by atoms with Crippen LogP contribution in [0.1, 0.15) is 19.8 Å². The van der Waals surface area contributed by atoms with Crippen LogP contribution in [0.15, 0.2) is 0 Å². The van der Waals surface area contributed by atoms with E-state index in [1.54, 1.807) is 0 Å². The van der Waals surface area contributed by atoms with E-state index in [-0.39, 0.29) is 12.8 Å². The fraction of sp³-hybridized carbons (Fsp3) is 0.714. The van der Waals surface area contributed by atoms with Crippen LogP contribution in [0.2, 0.25) is 0 Å². The number of methoxy groups -OCH3 is 1. The molecule has 0 heterocycles. The molecule has 0 bridgehead atoms. The molecule has 1 unspecified atom stereocenters. The van der Waals surface area contributed by atoms with Gasteiger partial charge in [-0.2, -0.15) is 0 Å². The monoisotopic (exact) mass is 189 g/mol. The zero-order valence-electron chi connectivity index (χ0n) is 7.48. The summed E-state index contributed by atoms with van der Waals surface area (Å²) in [5.41, 5.74) is 0. The van der Waals surface area contributed by atoms with E-state index in [0.29, 0.717) is 0 Å². The summed E-state index contributed by atoms with van der Waals surface area (Å²) in [5.74, 6) is -1.10. The second kappa shape index (κ2) is 5.23. The van der Waals surface area contributed by atoms with Crippen LogP contribution in [0.5, 0.6) is 0 Å². The molecule has 0 aromatic heterocycles. The largest absolute Gasteiger partial charge is 0.469 e. The molecule has 0 aromatic rings. The van der Waals surface area contributed by atoms with E-state index in [4.69, 9.17) is 0 Å². The van der Waals surface area contributed by atoms with Crippen molar-refractivity contribution in [1.82, 2.24) is 0 Å². The van der Waals surface area contributed by atoms with E-state index < -0.39 is 22.7 Å². The van der Waals surface area contributed by atoms with Gasteiger partial charge in [0.1, 0.15) is 0 Å². The Morgan fingerprint density at radius 1 is 1.54 bits per heavy atom. The van der Waals surface area contributed by atoms with Crippen molar-refractivity contribution < 1.29 is 19.2 Å². The third kappa shape index (κ3) is 4.19. The number of hydrogen-bond acceptors (Lipinski definition) is 5. The van der Waals surface area contributed by atoms with Gasteiger partial charge < -0.3 is 4.74 Å². The number of rotatable bonds is 5. The van der Waals surface area contributed by atoms with Crippen LogP contribution in [0.4, 0.5) is 0 Å². The van der Waals surface area contributed by atoms with Crippen LogP contribution in [-0.4, -0.2) is 29.8 Å². The van der Waals surface area contributed by atoms with Gasteiger partial charge in [-0.05, 0) is 0 Å². The van der Waals surface area contributed by atoms with E-state index in [1.165, 1.54) is 7.11 Å². The summed E-state index contributed by atoms with van der Waals surface area (Å²) in [4.78, 5) is 30.9. The summed E-state index contributed by atoms with van der Waals surface area (Å²) in [6, 6.07) is -1.29. The van der Waals surface area contributed by atoms with Gasteiger partial charge in [0.05, 0.1) is 13.5 Å². The van der Waals surface area contributed by atoms with Gasteiger partial charge in [-0.3, -0.25) is 19.7 Å². The van der Waals surface area contributed by atoms with Crippen LogP contribution < -0.4 is 0 Å². The summed E-state index contributed by atoms with van der Waals surface area (Å²) in [6.45, 7) is 1.13. The highest BCUT2D eigenvalue weighted by atomic mass is 16.6. The number of hydrogen-bond donors (Lipinski definition) is 0. The molecule has 6 heteroatoms. The maximum atomic E-state index is 10.7. The first kappa shape index (κ1) is 11.5. The standard InChI is InChI=1S/C7H11NO5/c1-5(9)6(8(11)12)3-4-7(10)13-2/h6H,3-4H2,1-2H3. The molecule has 0 rings (SSSR count). The predicted octanol–water partition coefficient (Wildman–Crippen LogP) is 0.174. The summed E-state index contributed by atoms with van der Waals surface area (Å²) >= 11 is 0. The lowest BCUT2D eigenvalue weighted by Crippen LogP contribution is -2.28. The van der Waals surface area contributed by atoms with Crippen molar-refractivity contribution in [3.63, 3.8) is 0 Å². The number of Topliss-reactive ketones (excluding diaryl/α,β-unsaturated/α-hetero) is 1. The van der Waals surface area contributed by atoms with Crippen molar-refractivity contribution in [1.29, 1.82) is 0 Å². The zero-order valence-corrected chi connectivity index (χ0v) is 7.48. The maximum absolute atomic E-state index is 10.7. The molecule has 0 aliphatic rings. The predicted molar refractivity (Wildman–Crippen MR) is 42.7 cm³/mol. The fourth-order valence-electron chi connectivity index (χ4n) is 0.814. The minimum absolute atomic E-state index is 0.102. The number of ether oxygens (including phenoxy) is 1. The van der Waals surface area contributed by atoms with Crippen molar-refractivity contribution >= 4 is 11.8 Å². The lowest BCUT2D eigenvalue weighted by molar-refractivity contribution is -0.507. The molecule has 13 heavy (non-hydrogen) atoms. The van der Waals surface area contributed by atoms with E-state index in [9.17, 15) is 19.7 Å². The third-order valence-electron chi connectivity index (χ3n) is 1.57. The molecule has 0 aliphatic carbocycles. The molecule has 0 spiro atoms. The topological polar surface area (TPSA) is 86.5 Å². The van der Waals surface area contributed by atoms with Gasteiger partial charge in [0.2, 0.25) is 5.78 Å². The molecule has 0 aliphatic heterocycles. The van der Waals surface area contributed by atoms with Crippen LogP contribution in [0.25, 0.3) is 0 Å². The maximum Gasteiger partial charge on any atom is 0.305 e. The molecule has 1 atom stereocenters. The highest BCUT2D eigenvalue weighted by Crippen LogP contribution is 2.03. The lowest BCUT2D eigenvalue weighted by Gasteiger charge is -2.03. The Bertz CT molecular complexity index is 211. The van der Waals surface area contributed by atoms with Gasteiger partial charge >= 0.3 is 5.97 Å². The third-order valence-corrected chi connectivity index (χ3v) is 1.57. The van der Waals surface area contributed by atoms with E-state index >= 15 is 0 Å². The van der Waals surface area contributed by atoms with Crippen LogP contribution >= 0.6 is 0 Å². The molecular weight excluding hydrogens is 178 g/mol. The summed E-state index contributed by atoms with van der Waals surface area (Å²) in [5, 5.41) is 10.3. The second-order valence-electron chi connectivity index (χ2n) is 2.53.